The van der Waals surface area contributed by atoms with Crippen LogP contribution in [0.15, 0.2) is 0 Å². The van der Waals surface area contributed by atoms with Gasteiger partial charge in [-0.2, -0.15) is 0 Å². The molecule has 0 radical (unpaired) electrons. The lowest BCUT2D eigenvalue weighted by atomic mass is 10.4. The Balaban J connectivity index is 0. The first kappa shape index (κ1) is 14.9. The molecular weight excluding hydrogens is 164 g/mol. The lowest BCUT2D eigenvalue weighted by Gasteiger charge is -2.30. The predicted octanol–water partition coefficient (Wildman–Crippen LogP) is 1.14. The maximum absolute atomic E-state index is 7.28. The molecule has 13 heavy (non-hydrogen) atoms. The Bertz CT molecular complexity index is 125. The maximum atomic E-state index is 7.28. The highest BCUT2D eigenvalue weighted by Gasteiger charge is 2.14. The minimum atomic E-state index is 0.503. The number of likely N-dealkylation sites (N-methyl/N-ethyl adjacent to an activating group) is 1. The van der Waals surface area contributed by atoms with Gasteiger partial charge < -0.3 is 0 Å². The van der Waals surface area contributed by atoms with Crippen LogP contribution in [0.1, 0.15) is 27.7 Å². The van der Waals surface area contributed by atoms with E-state index in [1.54, 1.807) is 0 Å². The minimum absolute atomic E-state index is 0.503. The average molecular weight is 188 g/mol. The monoisotopic (exact) mass is 188 g/mol. The van der Waals surface area contributed by atoms with Gasteiger partial charge in [-0.25, -0.2) is 5.84 Å². The van der Waals surface area contributed by atoms with E-state index in [9.17, 15) is 0 Å². The molecule has 0 aromatic rings. The standard InChI is InChI=1S/C5H12N4.2C2H6/c1-8-2-3-9(7)5(6)4-8;2*1-2/h6H,2-4,7H2,1H3;2*1-2H3. The Hall–Kier alpha value is -0.610. The van der Waals surface area contributed by atoms with Crippen LogP contribution in [0.5, 0.6) is 0 Å². The van der Waals surface area contributed by atoms with Crippen LogP contribution >= 0.6 is 0 Å². The summed E-state index contributed by atoms with van der Waals surface area (Å²) in [6, 6.07) is 0. The van der Waals surface area contributed by atoms with Crippen LogP contribution in [0, 0.1) is 5.41 Å². The first-order valence-electron chi connectivity index (χ1n) is 4.98. The molecule has 4 heteroatoms. The number of nitrogens with one attached hydrogen (secondary N) is 1. The molecule has 0 atom stereocenters. The van der Waals surface area contributed by atoms with Crippen molar-refractivity contribution < 1.29 is 0 Å². The van der Waals surface area contributed by atoms with Crippen LogP contribution in [0.3, 0.4) is 0 Å². The van der Waals surface area contributed by atoms with Gasteiger partial charge in [0.2, 0.25) is 0 Å². The van der Waals surface area contributed by atoms with E-state index < -0.39 is 0 Å². The number of hydrazine groups is 1. The summed E-state index contributed by atoms with van der Waals surface area (Å²) in [4.78, 5) is 2.08. The molecule has 1 rings (SSSR count). The smallest absolute Gasteiger partial charge is 0.125 e. The summed E-state index contributed by atoms with van der Waals surface area (Å²) in [7, 11) is 1.99. The third-order valence-electron chi connectivity index (χ3n) is 1.49. The van der Waals surface area contributed by atoms with E-state index in [0.717, 1.165) is 13.1 Å². The number of rotatable bonds is 0. The summed E-state index contributed by atoms with van der Waals surface area (Å²) >= 11 is 0. The van der Waals surface area contributed by atoms with Crippen molar-refractivity contribution in [3.8, 4) is 0 Å². The van der Waals surface area contributed by atoms with Crippen molar-refractivity contribution in [3.63, 3.8) is 0 Å². The Kier molecular flexibility index (Phi) is 10.9. The van der Waals surface area contributed by atoms with Crippen LogP contribution in [0.4, 0.5) is 0 Å². The number of amidine groups is 1. The second kappa shape index (κ2) is 9.48. The van der Waals surface area contributed by atoms with Crippen LogP contribution in [-0.2, 0) is 0 Å². The fourth-order valence-corrected chi connectivity index (χ4v) is 0.839. The highest BCUT2D eigenvalue weighted by atomic mass is 15.5. The molecular formula is C9H24N4. The Labute approximate surface area is 82.2 Å². The Morgan fingerprint density at radius 2 is 1.62 bits per heavy atom. The molecule has 0 bridgehead atoms. The Morgan fingerprint density at radius 3 is 1.92 bits per heavy atom. The Morgan fingerprint density at radius 1 is 1.15 bits per heavy atom. The van der Waals surface area contributed by atoms with Gasteiger partial charge in [-0.1, -0.05) is 27.7 Å². The summed E-state index contributed by atoms with van der Waals surface area (Å²) in [6.45, 7) is 10.4. The third kappa shape index (κ3) is 6.54. The van der Waals surface area contributed by atoms with Gasteiger partial charge >= 0.3 is 0 Å². The van der Waals surface area contributed by atoms with Crippen molar-refractivity contribution in [1.29, 1.82) is 5.41 Å². The van der Waals surface area contributed by atoms with Crippen molar-refractivity contribution in [2.45, 2.75) is 27.7 Å². The number of piperazine rings is 1. The second-order valence-electron chi connectivity index (χ2n) is 2.38. The maximum Gasteiger partial charge on any atom is 0.125 e. The number of hydrogen-bond donors (Lipinski definition) is 2. The van der Waals surface area contributed by atoms with Crippen LogP contribution < -0.4 is 5.84 Å². The summed E-state index contributed by atoms with van der Waals surface area (Å²) in [6.07, 6.45) is 0. The van der Waals surface area contributed by atoms with Gasteiger partial charge in [-0.05, 0) is 7.05 Å². The van der Waals surface area contributed by atoms with E-state index in [1.165, 1.54) is 5.01 Å². The second-order valence-corrected chi connectivity index (χ2v) is 2.38. The molecule has 0 spiro atoms. The van der Waals surface area contributed by atoms with Gasteiger partial charge in [0.15, 0.2) is 0 Å². The fraction of sp³-hybridized carbons (Fsp3) is 0.889. The zero-order chi connectivity index (χ0) is 10.9. The molecule has 1 fully saturated rings. The fourth-order valence-electron chi connectivity index (χ4n) is 0.839. The van der Waals surface area contributed by atoms with E-state index in [0.29, 0.717) is 12.4 Å². The first-order valence-corrected chi connectivity index (χ1v) is 4.98. The van der Waals surface area contributed by atoms with Crippen LogP contribution in [0.2, 0.25) is 0 Å². The molecule has 0 aromatic carbocycles. The van der Waals surface area contributed by atoms with E-state index in [-0.39, 0.29) is 0 Å². The van der Waals surface area contributed by atoms with Gasteiger partial charge in [0.05, 0.1) is 6.54 Å². The molecule has 1 heterocycles. The van der Waals surface area contributed by atoms with E-state index >= 15 is 0 Å². The molecule has 1 aliphatic rings. The van der Waals surface area contributed by atoms with Crippen LogP contribution in [-0.4, -0.2) is 42.4 Å². The average Bonchev–Trinajstić information content (AvgIpc) is 2.18. The lowest BCUT2D eigenvalue weighted by Crippen LogP contribution is -2.51. The van der Waals surface area contributed by atoms with Gasteiger partial charge in [-0.15, -0.1) is 0 Å². The summed E-state index contributed by atoms with van der Waals surface area (Å²) < 4.78 is 0. The highest BCUT2D eigenvalue weighted by molar-refractivity contribution is 5.81. The zero-order valence-electron chi connectivity index (χ0n) is 9.59. The predicted molar refractivity (Wildman–Crippen MR) is 58.8 cm³/mol. The summed E-state index contributed by atoms with van der Waals surface area (Å²) in [5, 5.41) is 8.77. The van der Waals surface area contributed by atoms with Gasteiger partial charge in [-0.3, -0.25) is 15.3 Å². The molecule has 1 aliphatic heterocycles. The quantitative estimate of drug-likeness (QED) is 0.560. The van der Waals surface area contributed by atoms with Crippen molar-refractivity contribution in [1.82, 2.24) is 9.91 Å². The highest BCUT2D eigenvalue weighted by Crippen LogP contribution is 1.94. The lowest BCUT2D eigenvalue weighted by molar-refractivity contribution is 0.266. The third-order valence-corrected chi connectivity index (χ3v) is 1.49. The molecule has 0 amide bonds. The number of nitrogens with two attached hydrogens (primary N) is 1. The molecule has 4 nitrogen and oxygen atoms in total. The molecule has 0 aromatic heterocycles. The summed E-state index contributed by atoms with van der Waals surface area (Å²) in [5.41, 5.74) is 0. The van der Waals surface area contributed by atoms with Gasteiger partial charge in [0, 0.05) is 13.1 Å². The van der Waals surface area contributed by atoms with Crippen molar-refractivity contribution in [2.75, 3.05) is 26.7 Å². The summed E-state index contributed by atoms with van der Waals surface area (Å²) in [5.74, 6) is 5.93. The molecule has 80 valence electrons. The van der Waals surface area contributed by atoms with Gasteiger partial charge in [0.1, 0.15) is 5.84 Å². The normalized spacial score (nSPS) is 16.8. The molecule has 0 unspecified atom stereocenters. The molecule has 3 N–H and O–H groups in total. The largest absolute Gasteiger partial charge is 0.297 e. The van der Waals surface area contributed by atoms with E-state index in [1.807, 2.05) is 34.7 Å². The molecule has 0 saturated carbocycles. The topological polar surface area (TPSA) is 56.4 Å². The molecule has 1 saturated heterocycles. The zero-order valence-corrected chi connectivity index (χ0v) is 9.59. The van der Waals surface area contributed by atoms with Crippen molar-refractivity contribution >= 4 is 5.84 Å². The van der Waals surface area contributed by atoms with Crippen LogP contribution in [0.25, 0.3) is 0 Å². The van der Waals surface area contributed by atoms with Gasteiger partial charge in [0.25, 0.3) is 0 Å². The van der Waals surface area contributed by atoms with Crippen molar-refractivity contribution in [3.05, 3.63) is 0 Å². The first-order chi connectivity index (χ1) is 6.20. The number of hydrogen-bond acceptors (Lipinski definition) is 3. The van der Waals surface area contributed by atoms with E-state index in [2.05, 4.69) is 4.90 Å². The van der Waals surface area contributed by atoms with E-state index in [4.69, 9.17) is 11.3 Å². The number of nitrogens with zero attached hydrogens (tertiary/aromatic N) is 2. The molecule has 0 aliphatic carbocycles. The SMILES string of the molecule is CC.CC.CN1CCN(N)C(=N)C1. The minimum Gasteiger partial charge on any atom is -0.297 e. The van der Waals surface area contributed by atoms with Crippen molar-refractivity contribution in [2.24, 2.45) is 5.84 Å².